The van der Waals surface area contributed by atoms with E-state index in [1.54, 1.807) is 18.2 Å². The van der Waals surface area contributed by atoms with Gasteiger partial charge in [0, 0.05) is 16.8 Å². The number of rotatable bonds is 3. The zero-order valence-electron chi connectivity index (χ0n) is 11.2. The predicted molar refractivity (Wildman–Crippen MR) is 75.5 cm³/mol. The summed E-state index contributed by atoms with van der Waals surface area (Å²) in [7, 11) is 0. The number of nitrogens with one attached hydrogen (secondary N) is 1. The van der Waals surface area contributed by atoms with Crippen molar-refractivity contribution in [3.63, 3.8) is 0 Å². The van der Waals surface area contributed by atoms with Crippen LogP contribution in [0, 0.1) is 12.7 Å². The summed E-state index contributed by atoms with van der Waals surface area (Å²) in [5, 5.41) is 2.69. The minimum Gasteiger partial charge on any atom is -0.322 e. The standard InChI is InChI=1S/C16H14FNO2/c1-10-6-7-12(11(2)19)9-15(10)18-16(20)13-4-3-5-14(17)8-13/h3-9H,1-2H3,(H,18,20). The summed E-state index contributed by atoms with van der Waals surface area (Å²) in [5.41, 5.74) is 2.13. The highest BCUT2D eigenvalue weighted by atomic mass is 19.1. The average Bonchev–Trinajstić information content (AvgIpc) is 2.41. The molecule has 2 rings (SSSR count). The fourth-order valence-corrected chi connectivity index (χ4v) is 1.80. The first-order valence-corrected chi connectivity index (χ1v) is 6.16. The van der Waals surface area contributed by atoms with Crippen LogP contribution in [0.15, 0.2) is 42.5 Å². The molecule has 0 saturated carbocycles. The molecule has 0 atom stereocenters. The van der Waals surface area contributed by atoms with Gasteiger partial charge >= 0.3 is 0 Å². The van der Waals surface area contributed by atoms with E-state index in [0.717, 1.165) is 5.56 Å². The van der Waals surface area contributed by atoms with E-state index in [2.05, 4.69) is 5.32 Å². The Labute approximate surface area is 116 Å². The Bertz CT molecular complexity index is 680. The van der Waals surface area contributed by atoms with Crippen LogP contribution in [-0.4, -0.2) is 11.7 Å². The van der Waals surface area contributed by atoms with Crippen molar-refractivity contribution < 1.29 is 14.0 Å². The molecule has 0 fully saturated rings. The van der Waals surface area contributed by atoms with Gasteiger partial charge in [0.25, 0.3) is 5.91 Å². The van der Waals surface area contributed by atoms with Crippen LogP contribution >= 0.6 is 0 Å². The van der Waals surface area contributed by atoms with Gasteiger partial charge in [0.2, 0.25) is 0 Å². The van der Waals surface area contributed by atoms with Crippen molar-refractivity contribution in [1.82, 2.24) is 0 Å². The number of benzene rings is 2. The van der Waals surface area contributed by atoms with E-state index >= 15 is 0 Å². The third-order valence-corrected chi connectivity index (χ3v) is 2.98. The van der Waals surface area contributed by atoms with E-state index in [9.17, 15) is 14.0 Å². The number of hydrogen-bond donors (Lipinski definition) is 1. The van der Waals surface area contributed by atoms with E-state index in [4.69, 9.17) is 0 Å². The van der Waals surface area contributed by atoms with Gasteiger partial charge in [0.1, 0.15) is 5.82 Å². The molecule has 2 aromatic carbocycles. The predicted octanol–water partition coefficient (Wildman–Crippen LogP) is 3.59. The third kappa shape index (κ3) is 3.09. The number of anilines is 1. The third-order valence-electron chi connectivity index (χ3n) is 2.98. The van der Waals surface area contributed by atoms with Crippen LogP contribution in [0.25, 0.3) is 0 Å². The van der Waals surface area contributed by atoms with Gasteiger partial charge in [-0.1, -0.05) is 18.2 Å². The lowest BCUT2D eigenvalue weighted by Gasteiger charge is -2.10. The van der Waals surface area contributed by atoms with Gasteiger partial charge in [-0.2, -0.15) is 0 Å². The molecule has 1 amide bonds. The normalized spacial score (nSPS) is 10.2. The maximum atomic E-state index is 13.1. The van der Waals surface area contributed by atoms with E-state index in [-0.39, 0.29) is 11.3 Å². The Morgan fingerprint density at radius 3 is 2.45 bits per heavy atom. The van der Waals surface area contributed by atoms with E-state index in [0.29, 0.717) is 11.3 Å². The van der Waals surface area contributed by atoms with Crippen LogP contribution in [-0.2, 0) is 0 Å². The number of hydrogen-bond acceptors (Lipinski definition) is 2. The SMILES string of the molecule is CC(=O)c1ccc(C)c(NC(=O)c2cccc(F)c2)c1. The van der Waals surface area contributed by atoms with Crippen LogP contribution in [0.4, 0.5) is 10.1 Å². The first-order valence-electron chi connectivity index (χ1n) is 6.16. The molecule has 0 spiro atoms. The van der Waals surface area contributed by atoms with Crippen molar-refractivity contribution >= 4 is 17.4 Å². The van der Waals surface area contributed by atoms with E-state index in [1.165, 1.54) is 31.2 Å². The molecule has 0 saturated heterocycles. The lowest BCUT2D eigenvalue weighted by atomic mass is 10.1. The zero-order chi connectivity index (χ0) is 14.7. The fourth-order valence-electron chi connectivity index (χ4n) is 1.80. The van der Waals surface area contributed by atoms with Crippen LogP contribution in [0.5, 0.6) is 0 Å². The molecule has 4 heteroatoms. The highest BCUT2D eigenvalue weighted by Crippen LogP contribution is 2.18. The van der Waals surface area contributed by atoms with Crippen LogP contribution < -0.4 is 5.32 Å². The highest BCUT2D eigenvalue weighted by Gasteiger charge is 2.10. The van der Waals surface area contributed by atoms with Crippen LogP contribution in [0.3, 0.4) is 0 Å². The molecule has 0 radical (unpaired) electrons. The van der Waals surface area contributed by atoms with Gasteiger partial charge in [0.05, 0.1) is 0 Å². The molecular formula is C16H14FNO2. The topological polar surface area (TPSA) is 46.2 Å². The molecule has 2 aromatic rings. The molecule has 3 nitrogen and oxygen atoms in total. The monoisotopic (exact) mass is 271 g/mol. The second-order valence-electron chi connectivity index (χ2n) is 4.55. The van der Waals surface area contributed by atoms with E-state index in [1.807, 2.05) is 6.92 Å². The Balaban J connectivity index is 2.27. The molecule has 0 unspecified atom stereocenters. The fraction of sp³-hybridized carbons (Fsp3) is 0.125. The Morgan fingerprint density at radius 1 is 1.05 bits per heavy atom. The van der Waals surface area contributed by atoms with Crippen molar-refractivity contribution in [1.29, 1.82) is 0 Å². The van der Waals surface area contributed by atoms with Crippen molar-refractivity contribution in [2.24, 2.45) is 0 Å². The summed E-state index contributed by atoms with van der Waals surface area (Å²) in [6, 6.07) is 10.5. The van der Waals surface area contributed by atoms with Gasteiger partial charge in [-0.3, -0.25) is 9.59 Å². The first kappa shape index (κ1) is 13.9. The summed E-state index contributed by atoms with van der Waals surface area (Å²) in [6.45, 7) is 3.29. The van der Waals surface area contributed by atoms with Crippen molar-refractivity contribution in [3.05, 3.63) is 65.0 Å². The molecule has 0 heterocycles. The molecule has 102 valence electrons. The van der Waals surface area contributed by atoms with Crippen LogP contribution in [0.2, 0.25) is 0 Å². The summed E-state index contributed by atoms with van der Waals surface area (Å²) in [5.74, 6) is -0.952. The van der Waals surface area contributed by atoms with Gasteiger partial charge in [0.15, 0.2) is 5.78 Å². The summed E-state index contributed by atoms with van der Waals surface area (Å²) >= 11 is 0. The molecule has 0 aliphatic carbocycles. The number of Topliss-reactive ketones (excluding diaryl/α,β-unsaturated/α-hetero) is 1. The zero-order valence-corrected chi connectivity index (χ0v) is 11.2. The maximum Gasteiger partial charge on any atom is 0.255 e. The Kier molecular flexibility index (Phi) is 3.94. The maximum absolute atomic E-state index is 13.1. The molecule has 0 bridgehead atoms. The van der Waals surface area contributed by atoms with Gasteiger partial charge in [-0.05, 0) is 43.7 Å². The smallest absolute Gasteiger partial charge is 0.255 e. The number of halogens is 1. The lowest BCUT2D eigenvalue weighted by molar-refractivity contribution is 0.101. The van der Waals surface area contributed by atoms with E-state index < -0.39 is 11.7 Å². The lowest BCUT2D eigenvalue weighted by Crippen LogP contribution is -2.13. The summed E-state index contributed by atoms with van der Waals surface area (Å²) in [4.78, 5) is 23.4. The van der Waals surface area contributed by atoms with Crippen molar-refractivity contribution in [2.75, 3.05) is 5.32 Å². The van der Waals surface area contributed by atoms with Gasteiger partial charge < -0.3 is 5.32 Å². The molecule has 1 N–H and O–H groups in total. The summed E-state index contributed by atoms with van der Waals surface area (Å²) in [6.07, 6.45) is 0. The Morgan fingerprint density at radius 2 is 1.80 bits per heavy atom. The average molecular weight is 271 g/mol. The largest absolute Gasteiger partial charge is 0.322 e. The summed E-state index contributed by atoms with van der Waals surface area (Å²) < 4.78 is 13.1. The molecule has 0 aromatic heterocycles. The highest BCUT2D eigenvalue weighted by molar-refractivity contribution is 6.05. The van der Waals surface area contributed by atoms with Gasteiger partial charge in [-0.15, -0.1) is 0 Å². The minimum atomic E-state index is -0.466. The van der Waals surface area contributed by atoms with Crippen LogP contribution in [0.1, 0.15) is 33.2 Å². The number of aryl methyl sites for hydroxylation is 1. The second kappa shape index (κ2) is 5.65. The molecule has 20 heavy (non-hydrogen) atoms. The molecule has 0 aliphatic rings. The number of amides is 1. The van der Waals surface area contributed by atoms with Crippen molar-refractivity contribution in [3.8, 4) is 0 Å². The second-order valence-corrected chi connectivity index (χ2v) is 4.55. The van der Waals surface area contributed by atoms with Crippen molar-refractivity contribution in [2.45, 2.75) is 13.8 Å². The van der Waals surface area contributed by atoms with Gasteiger partial charge in [-0.25, -0.2) is 4.39 Å². The number of carbonyl (C=O) groups excluding carboxylic acids is 2. The quantitative estimate of drug-likeness (QED) is 0.867. The molecular weight excluding hydrogens is 257 g/mol. The first-order chi connectivity index (χ1) is 9.47. The Hall–Kier alpha value is -2.49. The molecule has 0 aliphatic heterocycles. The minimum absolute atomic E-state index is 0.0775. The number of carbonyl (C=O) groups is 2. The number of ketones is 1.